The van der Waals surface area contributed by atoms with E-state index in [-0.39, 0.29) is 16.4 Å². The van der Waals surface area contributed by atoms with Gasteiger partial charge in [-0.15, -0.1) is 0 Å². The van der Waals surface area contributed by atoms with Gasteiger partial charge in [0.25, 0.3) is 0 Å². The van der Waals surface area contributed by atoms with Gasteiger partial charge in [0.2, 0.25) is 0 Å². The topological polar surface area (TPSA) is 52.6 Å². The number of hydrogen-bond donors (Lipinski definition) is 0. The highest BCUT2D eigenvalue weighted by Gasteiger charge is 2.41. The molecule has 2 rings (SSSR count). The Bertz CT molecular complexity index is 708. The Hall–Kier alpha value is 0.654. The van der Waals surface area contributed by atoms with Gasteiger partial charge in [-0.2, -0.15) is 11.8 Å². The fourth-order valence-corrected chi connectivity index (χ4v) is 8.87. The molecule has 0 aromatic rings. The minimum absolute atomic E-state index is 0.142. The predicted octanol–water partition coefficient (Wildman–Crippen LogP) is 8.05. The highest BCUT2D eigenvalue weighted by atomic mass is 32.2. The molecule has 0 aromatic heterocycles. The van der Waals surface area contributed by atoms with E-state index < -0.39 is 26.5 Å². The first-order valence-corrected chi connectivity index (χ1v) is 22.3. The van der Waals surface area contributed by atoms with E-state index >= 15 is 0 Å². The van der Waals surface area contributed by atoms with Crippen LogP contribution >= 0.6 is 11.8 Å². The summed E-state index contributed by atoms with van der Waals surface area (Å²) in [6.07, 6.45) is 13.0. The van der Waals surface area contributed by atoms with Gasteiger partial charge in [0.15, 0.2) is 16.6 Å². The average Bonchev–Trinajstić information content (AvgIpc) is 2.66. The van der Waals surface area contributed by atoms with Crippen LogP contribution in [0, 0.1) is 0 Å². The lowest BCUT2D eigenvalue weighted by Crippen LogP contribution is -2.45. The van der Waals surface area contributed by atoms with Crippen molar-refractivity contribution in [1.29, 1.82) is 0 Å². The number of hydrogen-bond acceptors (Lipinski definition) is 5. The van der Waals surface area contributed by atoms with Gasteiger partial charge in [-0.25, -0.2) is 8.42 Å². The molecule has 0 N–H and O–H groups in total. The van der Waals surface area contributed by atoms with Crippen molar-refractivity contribution in [3.63, 3.8) is 0 Å². The molecule has 0 saturated heterocycles. The lowest BCUT2D eigenvalue weighted by molar-refractivity contribution is 0.139. The quantitative estimate of drug-likeness (QED) is 0.312. The van der Waals surface area contributed by atoms with Crippen molar-refractivity contribution < 1.29 is 17.3 Å². The van der Waals surface area contributed by atoms with Crippen molar-refractivity contribution in [2.45, 2.75) is 152 Å². The van der Waals surface area contributed by atoms with Crippen LogP contribution in [0.25, 0.3) is 0 Å². The normalized spacial score (nSPS) is 27.6. The maximum atomic E-state index is 11.5. The van der Waals surface area contributed by atoms with Crippen LogP contribution in [0.3, 0.4) is 0 Å². The number of rotatable bonds is 6. The van der Waals surface area contributed by atoms with Gasteiger partial charge in [-0.3, -0.25) is 0 Å². The van der Waals surface area contributed by atoms with Crippen LogP contribution < -0.4 is 0 Å². The molecular weight excluding hydrogens is 497 g/mol. The third-order valence-electron chi connectivity index (χ3n) is 8.72. The second-order valence-electron chi connectivity index (χ2n) is 13.6. The summed E-state index contributed by atoms with van der Waals surface area (Å²) in [5.74, 6) is 0. The molecule has 0 atom stereocenters. The first-order chi connectivity index (χ1) is 15.2. The summed E-state index contributed by atoms with van der Waals surface area (Å²) in [6.45, 7) is 22.9. The molecule has 0 spiro atoms. The molecule has 34 heavy (non-hydrogen) atoms. The zero-order valence-corrected chi connectivity index (χ0v) is 28.0. The minimum atomic E-state index is -2.87. The van der Waals surface area contributed by atoms with Gasteiger partial charge < -0.3 is 8.85 Å². The van der Waals surface area contributed by atoms with Crippen molar-refractivity contribution >= 4 is 38.2 Å². The molecule has 0 heterocycles. The molecule has 8 heteroatoms. The smallest absolute Gasteiger partial charge is 0.192 e. The monoisotopic (exact) mass is 552 g/mol. The van der Waals surface area contributed by atoms with Gasteiger partial charge in [0.1, 0.15) is 9.84 Å². The maximum Gasteiger partial charge on any atom is 0.192 e. The van der Waals surface area contributed by atoms with E-state index in [1.54, 1.807) is 0 Å². The minimum Gasteiger partial charge on any atom is -0.414 e. The van der Waals surface area contributed by atoms with Crippen molar-refractivity contribution in [2.24, 2.45) is 0 Å². The second kappa shape index (κ2) is 12.5. The van der Waals surface area contributed by atoms with Crippen molar-refractivity contribution in [3.8, 4) is 0 Å². The van der Waals surface area contributed by atoms with Gasteiger partial charge in [0, 0.05) is 23.7 Å². The third-order valence-corrected chi connectivity index (χ3v) is 20.6. The summed E-state index contributed by atoms with van der Waals surface area (Å²) in [5, 5.41) is 1.32. The summed E-state index contributed by atoms with van der Waals surface area (Å²) < 4.78 is 35.8. The van der Waals surface area contributed by atoms with Crippen LogP contribution in [-0.2, 0) is 18.7 Å². The molecule has 2 aliphatic rings. The van der Waals surface area contributed by atoms with E-state index in [0.29, 0.717) is 11.1 Å². The highest BCUT2D eigenvalue weighted by molar-refractivity contribution is 7.99. The molecule has 4 nitrogen and oxygen atoms in total. The largest absolute Gasteiger partial charge is 0.414 e. The second-order valence-corrected chi connectivity index (χ2v) is 26.6. The van der Waals surface area contributed by atoms with Crippen molar-refractivity contribution in [1.82, 2.24) is 0 Å². The zero-order chi connectivity index (χ0) is 26.6. The Morgan fingerprint density at radius 1 is 0.676 bits per heavy atom. The molecular formula is C26H56O4S2Si2. The van der Waals surface area contributed by atoms with Gasteiger partial charge in [0.05, 0.1) is 5.25 Å². The summed E-state index contributed by atoms with van der Waals surface area (Å²) in [5.41, 5.74) is 0. The summed E-state index contributed by atoms with van der Waals surface area (Å²) >= 11 is 2.03. The lowest BCUT2D eigenvalue weighted by Gasteiger charge is -2.41. The fraction of sp³-hybridized carbons (Fsp3) is 1.00. The van der Waals surface area contributed by atoms with E-state index in [4.69, 9.17) is 8.85 Å². The molecule has 204 valence electrons. The van der Waals surface area contributed by atoms with E-state index in [1.807, 2.05) is 11.8 Å². The van der Waals surface area contributed by atoms with Crippen molar-refractivity contribution in [3.05, 3.63) is 0 Å². The molecule has 0 aliphatic heterocycles. The van der Waals surface area contributed by atoms with Crippen LogP contribution in [0.4, 0.5) is 0 Å². The summed E-state index contributed by atoms with van der Waals surface area (Å²) in [4.78, 5) is 0. The Balaban J connectivity index is 0.000000342. The Morgan fingerprint density at radius 3 is 1.26 bits per heavy atom. The predicted molar refractivity (Wildman–Crippen MR) is 157 cm³/mol. The maximum absolute atomic E-state index is 11.5. The Labute approximate surface area is 219 Å². The molecule has 0 bridgehead atoms. The fourth-order valence-electron chi connectivity index (χ4n) is 4.15. The molecule has 0 amide bonds. The molecule has 2 fully saturated rings. The highest BCUT2D eigenvalue weighted by Crippen LogP contribution is 2.40. The van der Waals surface area contributed by atoms with E-state index in [1.165, 1.54) is 31.9 Å². The van der Waals surface area contributed by atoms with Gasteiger partial charge in [-0.1, -0.05) is 41.5 Å². The molecule has 0 radical (unpaired) electrons. The van der Waals surface area contributed by atoms with E-state index in [0.717, 1.165) is 30.9 Å². The van der Waals surface area contributed by atoms with Crippen LogP contribution in [0.5, 0.6) is 0 Å². The summed E-state index contributed by atoms with van der Waals surface area (Å²) in [6, 6.07) is 0. The van der Waals surface area contributed by atoms with Crippen molar-refractivity contribution in [2.75, 3.05) is 12.5 Å². The van der Waals surface area contributed by atoms with Crippen LogP contribution in [0.1, 0.15) is 92.9 Å². The van der Waals surface area contributed by atoms with Gasteiger partial charge >= 0.3 is 0 Å². The SMILES string of the molecule is CC(C)(C)[Si](C)(C)OC1CCC(S(C)(=O)=O)CC1.CSC1CCC(O[Si](C)(C)C(C)(C)C)CC1. The first kappa shape index (κ1) is 32.7. The van der Waals surface area contributed by atoms with Crippen LogP contribution in [0.15, 0.2) is 0 Å². The molecule has 0 aromatic carbocycles. The standard InChI is InChI=1S/C13H28O3SSi.C13H28OSSi/c1-13(2,3)18(5,6)16-11-7-9-12(10-8-11)17(4,14)15;1-13(2,3)16(5,6)14-11-7-9-12(15-4)10-8-11/h11-12H,7-10H2,1-6H3;11-12H,7-10H2,1-6H3. The van der Waals surface area contributed by atoms with Gasteiger partial charge in [-0.05, 0) is 93.9 Å². The Kier molecular flexibility index (Phi) is 12.0. The third kappa shape index (κ3) is 10.2. The van der Waals surface area contributed by atoms with E-state index in [9.17, 15) is 8.42 Å². The first-order valence-electron chi connectivity index (χ1n) is 13.3. The molecule has 0 unspecified atom stereocenters. The number of sulfone groups is 1. The lowest BCUT2D eigenvalue weighted by atomic mass is 9.97. The average molecular weight is 553 g/mol. The molecule has 2 aliphatic carbocycles. The number of thioether (sulfide) groups is 1. The Morgan fingerprint density at radius 2 is 1.00 bits per heavy atom. The van der Waals surface area contributed by atoms with Crippen LogP contribution in [-0.4, -0.2) is 60.3 Å². The summed E-state index contributed by atoms with van der Waals surface area (Å²) in [7, 11) is -6.11. The van der Waals surface area contributed by atoms with Crippen LogP contribution in [0.2, 0.25) is 36.3 Å². The molecule has 2 saturated carbocycles. The zero-order valence-electron chi connectivity index (χ0n) is 24.4. The van der Waals surface area contributed by atoms with E-state index in [2.05, 4.69) is 74.0 Å².